The van der Waals surface area contributed by atoms with Gasteiger partial charge in [-0.05, 0) is 0 Å². The van der Waals surface area contributed by atoms with Crippen LogP contribution < -0.4 is 0 Å². The first-order chi connectivity index (χ1) is 5.68. The number of aliphatic carboxylic acids is 1. The Hall–Kier alpha value is -1.37. The second-order valence-electron chi connectivity index (χ2n) is 2.78. The molecule has 0 aromatic carbocycles. The van der Waals surface area contributed by atoms with Crippen molar-refractivity contribution >= 4 is 5.97 Å². The molecule has 1 aliphatic heterocycles. The molecule has 0 fully saturated rings. The molecular weight excluding hydrogens is 156 g/mol. The number of rotatable bonds is 5. The maximum atomic E-state index is 10.2. The maximum Gasteiger partial charge on any atom is 0.303 e. The molecule has 0 saturated heterocycles. The van der Waals surface area contributed by atoms with E-state index in [1.165, 1.54) is 0 Å². The molecule has 1 heterocycles. The number of nitrogens with zero attached hydrogens (tertiary/aromatic N) is 2. The predicted molar refractivity (Wildman–Crippen MR) is 42.5 cm³/mol. The lowest BCUT2D eigenvalue weighted by Crippen LogP contribution is -2.12. The number of terminal acetylenes is 1. The Morgan fingerprint density at radius 1 is 1.50 bits per heavy atom. The van der Waals surface area contributed by atoms with Crippen LogP contribution in [0.1, 0.15) is 25.7 Å². The molecule has 0 amide bonds. The van der Waals surface area contributed by atoms with Crippen LogP contribution in [0.5, 0.6) is 0 Å². The molecule has 0 radical (unpaired) electrons. The van der Waals surface area contributed by atoms with Crippen molar-refractivity contribution in [2.75, 3.05) is 0 Å². The quantitative estimate of drug-likeness (QED) is 0.628. The van der Waals surface area contributed by atoms with Crippen molar-refractivity contribution < 1.29 is 9.90 Å². The highest BCUT2D eigenvalue weighted by Crippen LogP contribution is 2.37. The average molecular weight is 166 g/mol. The second-order valence-corrected chi connectivity index (χ2v) is 2.78. The summed E-state index contributed by atoms with van der Waals surface area (Å²) in [6, 6.07) is 0. The van der Waals surface area contributed by atoms with Crippen LogP contribution in [0, 0.1) is 12.3 Å². The van der Waals surface area contributed by atoms with E-state index in [-0.39, 0.29) is 6.42 Å². The first-order valence-electron chi connectivity index (χ1n) is 3.78. The first-order valence-corrected chi connectivity index (χ1v) is 3.78. The van der Waals surface area contributed by atoms with Gasteiger partial charge in [0.1, 0.15) is 0 Å². The minimum absolute atomic E-state index is 0.109. The van der Waals surface area contributed by atoms with E-state index in [1.807, 2.05) is 0 Å². The topological polar surface area (TPSA) is 62.0 Å². The summed E-state index contributed by atoms with van der Waals surface area (Å²) < 4.78 is 0. The SMILES string of the molecule is C#CCCC1(CCC(=O)O)N=N1. The Morgan fingerprint density at radius 3 is 2.58 bits per heavy atom. The molecule has 64 valence electrons. The Morgan fingerprint density at radius 2 is 2.17 bits per heavy atom. The van der Waals surface area contributed by atoms with E-state index in [0.717, 1.165) is 0 Å². The molecule has 0 aliphatic carbocycles. The summed E-state index contributed by atoms with van der Waals surface area (Å²) in [6.45, 7) is 0. The summed E-state index contributed by atoms with van der Waals surface area (Å²) in [5.41, 5.74) is -0.440. The van der Waals surface area contributed by atoms with Crippen molar-refractivity contribution in [1.82, 2.24) is 0 Å². The summed E-state index contributed by atoms with van der Waals surface area (Å²) in [4.78, 5) is 10.2. The van der Waals surface area contributed by atoms with Crippen molar-refractivity contribution in [2.45, 2.75) is 31.3 Å². The van der Waals surface area contributed by atoms with Gasteiger partial charge in [0.2, 0.25) is 0 Å². The van der Waals surface area contributed by atoms with E-state index in [9.17, 15) is 4.79 Å². The molecule has 0 unspecified atom stereocenters. The van der Waals surface area contributed by atoms with Crippen LogP contribution >= 0.6 is 0 Å². The van der Waals surface area contributed by atoms with E-state index in [4.69, 9.17) is 11.5 Å². The standard InChI is InChI=1S/C8H10N2O2/c1-2-3-5-8(9-10-8)6-4-7(11)12/h1H,3-6H2,(H,11,12). The van der Waals surface area contributed by atoms with Crippen LogP contribution in [0.2, 0.25) is 0 Å². The number of carbonyl (C=O) groups is 1. The van der Waals surface area contributed by atoms with Gasteiger partial charge in [0, 0.05) is 25.7 Å². The normalized spacial score (nSPS) is 16.9. The van der Waals surface area contributed by atoms with Crippen molar-refractivity contribution in [2.24, 2.45) is 10.2 Å². The summed E-state index contributed by atoms with van der Waals surface area (Å²) in [5, 5.41) is 16.0. The Kier molecular flexibility index (Phi) is 2.44. The number of hydrogen-bond acceptors (Lipinski definition) is 3. The summed E-state index contributed by atoms with van der Waals surface area (Å²) in [6.07, 6.45) is 6.94. The summed E-state index contributed by atoms with van der Waals surface area (Å²) in [7, 11) is 0. The zero-order valence-corrected chi connectivity index (χ0v) is 6.66. The van der Waals surface area contributed by atoms with Gasteiger partial charge in [-0.3, -0.25) is 4.79 Å². The van der Waals surface area contributed by atoms with Gasteiger partial charge in [0.25, 0.3) is 0 Å². The van der Waals surface area contributed by atoms with Crippen molar-refractivity contribution in [3.05, 3.63) is 0 Å². The lowest BCUT2D eigenvalue weighted by atomic mass is 10.0. The zero-order chi connectivity index (χ0) is 9.03. The van der Waals surface area contributed by atoms with Gasteiger partial charge in [0.05, 0.1) is 0 Å². The smallest absolute Gasteiger partial charge is 0.303 e. The number of carboxylic acid groups (broad SMARTS) is 1. The van der Waals surface area contributed by atoms with Crippen molar-refractivity contribution in [1.29, 1.82) is 0 Å². The highest BCUT2D eigenvalue weighted by atomic mass is 16.4. The van der Waals surface area contributed by atoms with Crippen molar-refractivity contribution in [3.63, 3.8) is 0 Å². The summed E-state index contributed by atoms with van der Waals surface area (Å²) >= 11 is 0. The first kappa shape index (κ1) is 8.72. The molecule has 0 spiro atoms. The van der Waals surface area contributed by atoms with E-state index in [1.54, 1.807) is 0 Å². The lowest BCUT2D eigenvalue weighted by Gasteiger charge is -2.05. The molecule has 1 rings (SSSR count). The largest absolute Gasteiger partial charge is 0.481 e. The summed E-state index contributed by atoms with van der Waals surface area (Å²) in [5.74, 6) is 1.67. The van der Waals surface area contributed by atoms with Crippen LogP contribution in [0.25, 0.3) is 0 Å². The van der Waals surface area contributed by atoms with Gasteiger partial charge in [-0.15, -0.1) is 12.3 Å². The monoisotopic (exact) mass is 166 g/mol. The van der Waals surface area contributed by atoms with Gasteiger partial charge >= 0.3 is 5.97 Å². The van der Waals surface area contributed by atoms with Crippen LogP contribution in [0.15, 0.2) is 10.2 Å². The molecule has 12 heavy (non-hydrogen) atoms. The third-order valence-electron chi connectivity index (χ3n) is 1.79. The fourth-order valence-corrected chi connectivity index (χ4v) is 0.975. The van der Waals surface area contributed by atoms with Gasteiger partial charge in [0.15, 0.2) is 5.66 Å². The molecule has 1 N–H and O–H groups in total. The van der Waals surface area contributed by atoms with E-state index >= 15 is 0 Å². The van der Waals surface area contributed by atoms with E-state index in [2.05, 4.69) is 16.1 Å². The second kappa shape index (κ2) is 3.35. The Labute approximate surface area is 70.7 Å². The highest BCUT2D eigenvalue weighted by Gasteiger charge is 2.39. The molecular formula is C8H10N2O2. The highest BCUT2D eigenvalue weighted by molar-refractivity contribution is 5.66. The minimum atomic E-state index is -0.813. The van der Waals surface area contributed by atoms with Crippen molar-refractivity contribution in [3.8, 4) is 12.3 Å². The molecule has 0 atom stereocenters. The maximum absolute atomic E-state index is 10.2. The van der Waals surface area contributed by atoms with Gasteiger partial charge < -0.3 is 5.11 Å². The third-order valence-corrected chi connectivity index (χ3v) is 1.79. The van der Waals surface area contributed by atoms with Crippen LogP contribution in [-0.2, 0) is 4.79 Å². The van der Waals surface area contributed by atoms with Crippen LogP contribution in [0.3, 0.4) is 0 Å². The van der Waals surface area contributed by atoms with Crippen LogP contribution in [0.4, 0.5) is 0 Å². The van der Waals surface area contributed by atoms with Crippen LogP contribution in [-0.4, -0.2) is 16.7 Å². The Bertz CT molecular complexity index is 246. The number of carboxylic acids is 1. The van der Waals surface area contributed by atoms with Gasteiger partial charge in [-0.2, -0.15) is 10.2 Å². The molecule has 4 heteroatoms. The van der Waals surface area contributed by atoms with Gasteiger partial charge in [-0.1, -0.05) is 0 Å². The molecule has 0 bridgehead atoms. The fourth-order valence-electron chi connectivity index (χ4n) is 0.975. The molecule has 4 nitrogen and oxygen atoms in total. The molecule has 1 aliphatic rings. The minimum Gasteiger partial charge on any atom is -0.481 e. The molecule has 0 saturated carbocycles. The molecule has 0 aromatic rings. The zero-order valence-electron chi connectivity index (χ0n) is 6.66. The van der Waals surface area contributed by atoms with E-state index < -0.39 is 11.6 Å². The predicted octanol–water partition coefficient (Wildman–Crippen LogP) is 1.43. The van der Waals surface area contributed by atoms with E-state index in [0.29, 0.717) is 19.3 Å². The lowest BCUT2D eigenvalue weighted by molar-refractivity contribution is -0.137. The molecule has 0 aromatic heterocycles. The number of hydrogen-bond donors (Lipinski definition) is 1. The van der Waals surface area contributed by atoms with Gasteiger partial charge in [-0.25, -0.2) is 0 Å². The Balaban J connectivity index is 2.22. The fraction of sp³-hybridized carbons (Fsp3) is 0.625. The third kappa shape index (κ3) is 2.35. The average Bonchev–Trinajstić information content (AvgIpc) is 2.79.